The van der Waals surface area contributed by atoms with Crippen LogP contribution in [-0.2, 0) is 0 Å². The Balaban J connectivity index is 2.24. The molecule has 1 aromatic carbocycles. The van der Waals surface area contributed by atoms with Gasteiger partial charge in [0.25, 0.3) is 0 Å². The summed E-state index contributed by atoms with van der Waals surface area (Å²) in [5.41, 5.74) is 5.73. The first kappa shape index (κ1) is 11.3. The van der Waals surface area contributed by atoms with Crippen molar-refractivity contribution in [1.29, 1.82) is 0 Å². The molecule has 86 valence electrons. The highest BCUT2D eigenvalue weighted by Gasteiger charge is 2.35. The van der Waals surface area contributed by atoms with Crippen LogP contribution in [-0.4, -0.2) is 11.3 Å². The number of ketones is 1. The zero-order valence-electron chi connectivity index (χ0n) is 9.21. The van der Waals surface area contributed by atoms with Crippen LogP contribution >= 0.6 is 0 Å². The van der Waals surface area contributed by atoms with Crippen LogP contribution in [0.3, 0.4) is 0 Å². The third-order valence-corrected chi connectivity index (χ3v) is 3.28. The van der Waals surface area contributed by atoms with Crippen molar-refractivity contribution in [3.63, 3.8) is 0 Å². The molecule has 2 rings (SSSR count). The van der Waals surface area contributed by atoms with Crippen LogP contribution in [0.5, 0.6) is 0 Å². The summed E-state index contributed by atoms with van der Waals surface area (Å²) < 4.78 is 13.0. The second-order valence-electron chi connectivity index (χ2n) is 4.56. The summed E-state index contributed by atoms with van der Waals surface area (Å²) in [4.78, 5) is 12.2. The van der Waals surface area contributed by atoms with Crippen LogP contribution in [0.25, 0.3) is 0 Å². The van der Waals surface area contributed by atoms with Gasteiger partial charge in [0.05, 0.1) is 5.54 Å². The average Bonchev–Trinajstić information content (AvgIpc) is 2.29. The third-order valence-electron chi connectivity index (χ3n) is 3.28. The smallest absolute Gasteiger partial charge is 0.182 e. The number of benzene rings is 1. The lowest BCUT2D eigenvalue weighted by Crippen LogP contribution is -2.49. The highest BCUT2D eigenvalue weighted by atomic mass is 19.1. The van der Waals surface area contributed by atoms with E-state index in [0.717, 1.165) is 19.3 Å². The fraction of sp³-hybridized carbons (Fsp3) is 0.462. The van der Waals surface area contributed by atoms with Crippen LogP contribution in [0.2, 0.25) is 0 Å². The normalized spacial score (nSPS) is 19.4. The number of hydrogen-bond donors (Lipinski definition) is 1. The SMILES string of the molecule is NC1(C(=O)c2cccc(F)c2)CCCCC1. The van der Waals surface area contributed by atoms with Gasteiger partial charge >= 0.3 is 0 Å². The highest BCUT2D eigenvalue weighted by molar-refractivity contribution is 6.03. The fourth-order valence-electron chi connectivity index (χ4n) is 2.33. The van der Waals surface area contributed by atoms with E-state index in [-0.39, 0.29) is 11.6 Å². The summed E-state index contributed by atoms with van der Waals surface area (Å²) in [6.45, 7) is 0. The minimum atomic E-state index is -0.772. The van der Waals surface area contributed by atoms with Gasteiger partial charge in [0.1, 0.15) is 5.82 Å². The van der Waals surface area contributed by atoms with E-state index in [9.17, 15) is 9.18 Å². The molecule has 0 amide bonds. The Morgan fingerprint density at radius 3 is 2.56 bits per heavy atom. The maximum atomic E-state index is 13.0. The minimum Gasteiger partial charge on any atom is -0.319 e. The molecule has 0 radical (unpaired) electrons. The number of rotatable bonds is 2. The number of carbonyl (C=O) groups excluding carboxylic acids is 1. The predicted molar refractivity (Wildman–Crippen MR) is 60.7 cm³/mol. The Hall–Kier alpha value is -1.22. The molecule has 1 fully saturated rings. The van der Waals surface area contributed by atoms with Gasteiger partial charge in [-0.15, -0.1) is 0 Å². The Kier molecular flexibility index (Phi) is 3.06. The van der Waals surface area contributed by atoms with Crippen molar-refractivity contribution in [2.24, 2.45) is 5.73 Å². The number of carbonyl (C=O) groups is 1. The Morgan fingerprint density at radius 1 is 1.25 bits per heavy atom. The zero-order valence-corrected chi connectivity index (χ0v) is 9.21. The molecule has 1 aliphatic rings. The predicted octanol–water partition coefficient (Wildman–Crippen LogP) is 2.67. The molecule has 0 bridgehead atoms. The van der Waals surface area contributed by atoms with Crippen LogP contribution in [0, 0.1) is 5.82 Å². The van der Waals surface area contributed by atoms with Crippen molar-refractivity contribution in [1.82, 2.24) is 0 Å². The van der Waals surface area contributed by atoms with E-state index in [4.69, 9.17) is 5.73 Å². The molecular weight excluding hydrogens is 205 g/mol. The van der Waals surface area contributed by atoms with E-state index in [0.29, 0.717) is 18.4 Å². The molecule has 0 unspecified atom stereocenters. The van der Waals surface area contributed by atoms with Crippen LogP contribution in [0.1, 0.15) is 42.5 Å². The van der Waals surface area contributed by atoms with Gasteiger partial charge in [0.2, 0.25) is 0 Å². The van der Waals surface area contributed by atoms with E-state index in [1.54, 1.807) is 12.1 Å². The Morgan fingerprint density at radius 2 is 1.94 bits per heavy atom. The monoisotopic (exact) mass is 221 g/mol. The molecule has 0 spiro atoms. The lowest BCUT2D eigenvalue weighted by Gasteiger charge is -2.31. The minimum absolute atomic E-state index is 0.119. The molecular formula is C13H16FNO. The van der Waals surface area contributed by atoms with Crippen LogP contribution < -0.4 is 5.73 Å². The molecule has 0 aromatic heterocycles. The molecule has 0 atom stereocenters. The van der Waals surface area contributed by atoms with E-state index in [1.807, 2.05) is 0 Å². The van der Waals surface area contributed by atoms with Gasteiger partial charge in [-0.25, -0.2) is 4.39 Å². The Bertz CT molecular complexity index is 397. The topological polar surface area (TPSA) is 43.1 Å². The third kappa shape index (κ3) is 2.14. The van der Waals surface area contributed by atoms with Crippen molar-refractivity contribution in [3.05, 3.63) is 35.6 Å². The molecule has 2 N–H and O–H groups in total. The van der Waals surface area contributed by atoms with E-state index in [2.05, 4.69) is 0 Å². The summed E-state index contributed by atoms with van der Waals surface area (Å²) in [7, 11) is 0. The molecule has 0 heterocycles. The van der Waals surface area contributed by atoms with Crippen molar-refractivity contribution in [2.45, 2.75) is 37.6 Å². The van der Waals surface area contributed by atoms with Gasteiger partial charge in [0.15, 0.2) is 5.78 Å². The van der Waals surface area contributed by atoms with Crippen molar-refractivity contribution in [3.8, 4) is 0 Å². The summed E-state index contributed by atoms with van der Waals surface area (Å²) >= 11 is 0. The first-order valence-corrected chi connectivity index (χ1v) is 5.71. The maximum absolute atomic E-state index is 13.0. The van der Waals surface area contributed by atoms with Crippen LogP contribution in [0.15, 0.2) is 24.3 Å². The summed E-state index contributed by atoms with van der Waals surface area (Å²) in [6, 6.07) is 5.79. The second kappa shape index (κ2) is 4.34. The van der Waals surface area contributed by atoms with E-state index >= 15 is 0 Å². The molecule has 1 aromatic rings. The van der Waals surface area contributed by atoms with Crippen molar-refractivity contribution in [2.75, 3.05) is 0 Å². The van der Waals surface area contributed by atoms with Gasteiger partial charge in [-0.05, 0) is 25.0 Å². The summed E-state index contributed by atoms with van der Waals surface area (Å²) in [6.07, 6.45) is 4.52. The number of Topliss-reactive ketones (excluding diaryl/α,β-unsaturated/α-hetero) is 1. The fourth-order valence-corrected chi connectivity index (χ4v) is 2.33. The van der Waals surface area contributed by atoms with Gasteiger partial charge in [-0.2, -0.15) is 0 Å². The molecule has 0 aliphatic heterocycles. The van der Waals surface area contributed by atoms with E-state index in [1.165, 1.54) is 12.1 Å². The lowest BCUT2D eigenvalue weighted by atomic mass is 9.77. The second-order valence-corrected chi connectivity index (χ2v) is 4.56. The quantitative estimate of drug-likeness (QED) is 0.780. The molecule has 1 saturated carbocycles. The number of hydrogen-bond acceptors (Lipinski definition) is 2. The standard InChI is InChI=1S/C13H16FNO/c14-11-6-4-5-10(9-11)12(16)13(15)7-2-1-3-8-13/h4-6,9H,1-3,7-8,15H2. The number of nitrogens with two attached hydrogens (primary N) is 1. The van der Waals surface area contributed by atoms with Crippen LogP contribution in [0.4, 0.5) is 4.39 Å². The largest absolute Gasteiger partial charge is 0.319 e. The van der Waals surface area contributed by atoms with Gasteiger partial charge in [-0.1, -0.05) is 31.4 Å². The first-order valence-electron chi connectivity index (χ1n) is 5.71. The molecule has 2 nitrogen and oxygen atoms in total. The highest BCUT2D eigenvalue weighted by Crippen LogP contribution is 2.29. The zero-order chi connectivity index (χ0) is 11.6. The van der Waals surface area contributed by atoms with Crippen molar-refractivity contribution < 1.29 is 9.18 Å². The van der Waals surface area contributed by atoms with Gasteiger partial charge in [0, 0.05) is 5.56 Å². The molecule has 1 aliphatic carbocycles. The summed E-state index contributed by atoms with van der Waals surface area (Å²) in [5.74, 6) is -0.503. The Labute approximate surface area is 94.6 Å². The average molecular weight is 221 g/mol. The maximum Gasteiger partial charge on any atom is 0.182 e. The number of halogens is 1. The molecule has 16 heavy (non-hydrogen) atoms. The molecule has 0 saturated heterocycles. The summed E-state index contributed by atoms with van der Waals surface area (Å²) in [5, 5.41) is 0. The van der Waals surface area contributed by atoms with E-state index < -0.39 is 5.54 Å². The first-order chi connectivity index (χ1) is 7.62. The van der Waals surface area contributed by atoms with Gasteiger partial charge in [-0.3, -0.25) is 4.79 Å². The molecule has 3 heteroatoms. The lowest BCUT2D eigenvalue weighted by molar-refractivity contribution is 0.0847. The van der Waals surface area contributed by atoms with Gasteiger partial charge < -0.3 is 5.73 Å². The van der Waals surface area contributed by atoms with Crippen molar-refractivity contribution >= 4 is 5.78 Å².